The van der Waals surface area contributed by atoms with Crippen molar-refractivity contribution in [3.63, 3.8) is 0 Å². The second-order valence-electron chi connectivity index (χ2n) is 3.08. The van der Waals surface area contributed by atoms with Gasteiger partial charge >= 0.3 is 0 Å². The summed E-state index contributed by atoms with van der Waals surface area (Å²) in [5, 5.41) is 5.82. The summed E-state index contributed by atoms with van der Waals surface area (Å²) in [6.45, 7) is 4.07. The first-order valence-corrected chi connectivity index (χ1v) is 3.94. The van der Waals surface area contributed by atoms with Gasteiger partial charge in [0.25, 0.3) is 0 Å². The lowest BCUT2D eigenvalue weighted by Gasteiger charge is -2.26. The number of hydrogen-bond acceptors (Lipinski definition) is 3. The summed E-state index contributed by atoms with van der Waals surface area (Å²) < 4.78 is 0. The molecule has 0 saturated carbocycles. The maximum absolute atomic E-state index is 11.1. The number of nitrogens with one attached hydrogen (secondary N) is 2. The maximum atomic E-state index is 11.1. The highest BCUT2D eigenvalue weighted by Crippen LogP contribution is 2.01. The van der Waals surface area contributed by atoms with E-state index in [9.17, 15) is 4.79 Å². The van der Waals surface area contributed by atoms with E-state index in [1.165, 1.54) is 0 Å². The van der Waals surface area contributed by atoms with E-state index in [2.05, 4.69) is 10.6 Å². The quantitative estimate of drug-likeness (QED) is 0.544. The lowest BCUT2D eigenvalue weighted by Crippen LogP contribution is -2.52. The molecule has 1 fully saturated rings. The highest BCUT2D eigenvalue weighted by Gasteiger charge is 2.24. The Morgan fingerprint density at radius 1 is 1.75 bits per heavy atom. The van der Waals surface area contributed by atoms with E-state index in [-0.39, 0.29) is 30.3 Å². The lowest BCUT2D eigenvalue weighted by molar-refractivity contribution is -0.126. The smallest absolute Gasteiger partial charge is 0.225 e. The van der Waals surface area contributed by atoms with Crippen LogP contribution in [0, 0.1) is 5.92 Å². The van der Waals surface area contributed by atoms with Gasteiger partial charge in [0.05, 0.1) is 5.92 Å². The molecule has 4 nitrogen and oxygen atoms in total. The molecule has 1 saturated heterocycles. The Kier molecular flexibility index (Phi) is 5.20. The summed E-state index contributed by atoms with van der Waals surface area (Å²) in [4.78, 5) is 11.1. The molecule has 1 aliphatic heterocycles. The summed E-state index contributed by atoms with van der Waals surface area (Å²) in [5.41, 5.74) is 5.47. The fourth-order valence-electron chi connectivity index (χ4n) is 0.880. The van der Waals surface area contributed by atoms with Gasteiger partial charge in [-0.1, -0.05) is 0 Å². The Labute approximate surface area is 78.7 Å². The predicted octanol–water partition coefficient (Wildman–Crippen LogP) is -0.909. The van der Waals surface area contributed by atoms with E-state index >= 15 is 0 Å². The predicted molar refractivity (Wildman–Crippen MR) is 50.3 cm³/mol. The first-order valence-electron chi connectivity index (χ1n) is 3.94. The number of carbonyl (C=O) groups is 1. The van der Waals surface area contributed by atoms with Crippen molar-refractivity contribution in [1.82, 2.24) is 10.6 Å². The van der Waals surface area contributed by atoms with Gasteiger partial charge < -0.3 is 16.4 Å². The minimum atomic E-state index is 0. The van der Waals surface area contributed by atoms with Crippen LogP contribution in [0.4, 0.5) is 0 Å². The van der Waals surface area contributed by atoms with Crippen LogP contribution in [0.25, 0.3) is 0 Å². The molecule has 0 spiro atoms. The van der Waals surface area contributed by atoms with Crippen molar-refractivity contribution in [1.29, 1.82) is 0 Å². The third-order valence-electron chi connectivity index (χ3n) is 1.75. The second kappa shape index (κ2) is 5.35. The average Bonchev–Trinajstić information content (AvgIpc) is 1.79. The molecule has 72 valence electrons. The van der Waals surface area contributed by atoms with Crippen LogP contribution in [0.3, 0.4) is 0 Å². The molecular weight excluding hydrogens is 178 g/mol. The van der Waals surface area contributed by atoms with Crippen molar-refractivity contribution in [2.75, 3.05) is 19.6 Å². The fraction of sp³-hybridized carbons (Fsp3) is 0.857. The van der Waals surface area contributed by atoms with Crippen LogP contribution < -0.4 is 16.4 Å². The Hall–Kier alpha value is -0.320. The van der Waals surface area contributed by atoms with Crippen molar-refractivity contribution < 1.29 is 4.79 Å². The molecule has 1 heterocycles. The van der Waals surface area contributed by atoms with Gasteiger partial charge in [-0.05, 0) is 6.92 Å². The van der Waals surface area contributed by atoms with Crippen molar-refractivity contribution in [3.8, 4) is 0 Å². The minimum absolute atomic E-state index is 0. The normalized spacial score (nSPS) is 18.8. The van der Waals surface area contributed by atoms with Crippen molar-refractivity contribution >= 4 is 18.3 Å². The zero-order valence-corrected chi connectivity index (χ0v) is 7.99. The van der Waals surface area contributed by atoms with Gasteiger partial charge in [-0.3, -0.25) is 4.79 Å². The molecule has 1 rings (SSSR count). The maximum Gasteiger partial charge on any atom is 0.225 e. The molecule has 0 aromatic rings. The lowest BCUT2D eigenvalue weighted by atomic mass is 10.0. The minimum Gasteiger partial charge on any atom is -0.354 e. The summed E-state index contributed by atoms with van der Waals surface area (Å²) in [6, 6.07) is 0.0481. The fourth-order valence-corrected chi connectivity index (χ4v) is 0.880. The SMILES string of the molecule is CC(N)CNC(=O)C1CNC1.Cl. The molecule has 0 aromatic heterocycles. The largest absolute Gasteiger partial charge is 0.354 e. The van der Waals surface area contributed by atoms with Crippen LogP contribution in [0.15, 0.2) is 0 Å². The summed E-state index contributed by atoms with van der Waals surface area (Å²) in [5.74, 6) is 0.301. The van der Waals surface area contributed by atoms with Gasteiger partial charge in [0.1, 0.15) is 0 Å². The third-order valence-corrected chi connectivity index (χ3v) is 1.75. The highest BCUT2D eigenvalue weighted by molar-refractivity contribution is 5.85. The molecule has 0 aliphatic carbocycles. The zero-order valence-electron chi connectivity index (χ0n) is 7.17. The Morgan fingerprint density at radius 2 is 2.33 bits per heavy atom. The van der Waals surface area contributed by atoms with Gasteiger partial charge in [0.15, 0.2) is 0 Å². The van der Waals surface area contributed by atoms with Crippen LogP contribution in [0.5, 0.6) is 0 Å². The van der Waals surface area contributed by atoms with E-state index < -0.39 is 0 Å². The Bertz CT molecular complexity index is 148. The Balaban J connectivity index is 0.00000121. The number of amides is 1. The molecule has 0 bridgehead atoms. The van der Waals surface area contributed by atoms with Crippen LogP contribution in [0.1, 0.15) is 6.92 Å². The van der Waals surface area contributed by atoms with Gasteiger partial charge in [-0.2, -0.15) is 0 Å². The molecule has 1 amide bonds. The molecule has 12 heavy (non-hydrogen) atoms. The molecule has 1 aliphatic rings. The van der Waals surface area contributed by atoms with Gasteiger partial charge in [-0.25, -0.2) is 0 Å². The average molecular weight is 194 g/mol. The molecule has 0 radical (unpaired) electrons. The number of nitrogens with two attached hydrogens (primary N) is 1. The van der Waals surface area contributed by atoms with Crippen molar-refractivity contribution in [2.45, 2.75) is 13.0 Å². The molecule has 1 atom stereocenters. The van der Waals surface area contributed by atoms with E-state index in [1.807, 2.05) is 6.92 Å². The van der Waals surface area contributed by atoms with Gasteiger partial charge in [0, 0.05) is 25.7 Å². The van der Waals surface area contributed by atoms with Crippen LogP contribution in [-0.2, 0) is 4.79 Å². The zero-order chi connectivity index (χ0) is 8.27. The van der Waals surface area contributed by atoms with Gasteiger partial charge in [-0.15, -0.1) is 12.4 Å². The topological polar surface area (TPSA) is 67.1 Å². The molecule has 4 N–H and O–H groups in total. The number of carbonyl (C=O) groups excluding carboxylic acids is 1. The van der Waals surface area contributed by atoms with E-state index in [0.29, 0.717) is 6.54 Å². The van der Waals surface area contributed by atoms with Gasteiger partial charge in [0.2, 0.25) is 5.91 Å². The molecule has 0 aromatic carbocycles. The molecular formula is C7H16ClN3O. The van der Waals surface area contributed by atoms with Crippen molar-refractivity contribution in [2.24, 2.45) is 11.7 Å². The Morgan fingerprint density at radius 3 is 2.67 bits per heavy atom. The summed E-state index contributed by atoms with van der Waals surface area (Å²) in [6.07, 6.45) is 0. The molecule has 5 heteroatoms. The first kappa shape index (κ1) is 11.7. The molecule has 1 unspecified atom stereocenters. The summed E-state index contributed by atoms with van der Waals surface area (Å²) in [7, 11) is 0. The van der Waals surface area contributed by atoms with E-state index in [1.54, 1.807) is 0 Å². The monoisotopic (exact) mass is 193 g/mol. The van der Waals surface area contributed by atoms with E-state index in [4.69, 9.17) is 5.73 Å². The standard InChI is InChI=1S/C7H15N3O.ClH/c1-5(8)2-10-7(11)6-3-9-4-6;/h5-6,9H,2-4,8H2,1H3,(H,10,11);1H. The van der Waals surface area contributed by atoms with Crippen LogP contribution in [0.2, 0.25) is 0 Å². The number of halogens is 1. The van der Waals surface area contributed by atoms with Crippen LogP contribution in [-0.4, -0.2) is 31.6 Å². The van der Waals surface area contributed by atoms with Crippen LogP contribution >= 0.6 is 12.4 Å². The van der Waals surface area contributed by atoms with Crippen molar-refractivity contribution in [3.05, 3.63) is 0 Å². The summed E-state index contributed by atoms with van der Waals surface area (Å²) >= 11 is 0. The number of rotatable bonds is 3. The third kappa shape index (κ3) is 3.38. The number of hydrogen-bond donors (Lipinski definition) is 3. The van der Waals surface area contributed by atoms with E-state index in [0.717, 1.165) is 13.1 Å². The highest BCUT2D eigenvalue weighted by atomic mass is 35.5. The first-order chi connectivity index (χ1) is 5.20. The second-order valence-corrected chi connectivity index (χ2v) is 3.08.